The van der Waals surface area contributed by atoms with Crippen LogP contribution in [0.5, 0.6) is 5.75 Å². The molecule has 1 aliphatic rings. The molecule has 144 valence electrons. The van der Waals surface area contributed by atoms with Crippen molar-refractivity contribution in [3.05, 3.63) is 18.2 Å². The van der Waals surface area contributed by atoms with Gasteiger partial charge in [-0.15, -0.1) is 0 Å². The molecule has 1 heterocycles. The normalized spacial score (nSPS) is 17.8. The van der Waals surface area contributed by atoms with Crippen molar-refractivity contribution in [1.29, 1.82) is 5.26 Å². The fourth-order valence-electron chi connectivity index (χ4n) is 2.81. The molecule has 1 saturated heterocycles. The number of hydrogen-bond acceptors (Lipinski definition) is 6. The molecular formula is C18H28N4O3S. The second-order valence-electron chi connectivity index (χ2n) is 7.76. The molecule has 0 aromatic heterocycles. The van der Waals surface area contributed by atoms with E-state index in [4.69, 9.17) is 10.00 Å². The summed E-state index contributed by atoms with van der Waals surface area (Å²) in [6, 6.07) is 4.79. The molecule has 8 heteroatoms. The highest BCUT2D eigenvalue weighted by molar-refractivity contribution is 7.89. The van der Waals surface area contributed by atoms with Crippen molar-refractivity contribution in [3.8, 4) is 11.9 Å². The molecule has 26 heavy (non-hydrogen) atoms. The molecule has 0 bridgehead atoms. The highest BCUT2D eigenvalue weighted by atomic mass is 32.2. The van der Waals surface area contributed by atoms with E-state index in [9.17, 15) is 8.42 Å². The number of ether oxygens (including phenoxy) is 1. The van der Waals surface area contributed by atoms with Crippen LogP contribution < -0.4 is 14.8 Å². The first-order chi connectivity index (χ1) is 12.1. The van der Waals surface area contributed by atoms with Gasteiger partial charge >= 0.3 is 0 Å². The van der Waals surface area contributed by atoms with Crippen molar-refractivity contribution in [2.24, 2.45) is 5.41 Å². The van der Waals surface area contributed by atoms with E-state index in [1.54, 1.807) is 17.0 Å². The zero-order chi connectivity index (χ0) is 19.4. The number of hydrogen-bond donors (Lipinski definition) is 2. The monoisotopic (exact) mass is 380 g/mol. The van der Waals surface area contributed by atoms with Gasteiger partial charge in [-0.3, -0.25) is 0 Å². The molecule has 1 aromatic rings. The Hall–Kier alpha value is -1.98. The SMILES string of the molecule is COc1ccc(NCCC(C)(C)C)cc1S(=O)(=O)NC1CCN(C#N)C1. The summed E-state index contributed by atoms with van der Waals surface area (Å²) in [5.41, 5.74) is 0.936. The van der Waals surface area contributed by atoms with Crippen LogP contribution in [0.1, 0.15) is 33.6 Å². The van der Waals surface area contributed by atoms with Gasteiger partial charge in [0.15, 0.2) is 6.19 Å². The van der Waals surface area contributed by atoms with Gasteiger partial charge in [0.05, 0.1) is 7.11 Å². The molecule has 1 atom stereocenters. The summed E-state index contributed by atoms with van der Waals surface area (Å²) in [5, 5.41) is 12.2. The van der Waals surface area contributed by atoms with Gasteiger partial charge in [0.25, 0.3) is 0 Å². The lowest BCUT2D eigenvalue weighted by Gasteiger charge is -2.19. The zero-order valence-electron chi connectivity index (χ0n) is 15.9. The molecule has 2 N–H and O–H groups in total. The van der Waals surface area contributed by atoms with E-state index in [0.29, 0.717) is 25.3 Å². The molecule has 0 spiro atoms. The lowest BCUT2D eigenvalue weighted by molar-refractivity contribution is 0.389. The largest absolute Gasteiger partial charge is 0.495 e. The molecule has 2 rings (SSSR count). The summed E-state index contributed by atoms with van der Waals surface area (Å²) in [6.45, 7) is 8.19. The third kappa shape index (κ3) is 5.51. The van der Waals surface area contributed by atoms with Crippen LogP contribution >= 0.6 is 0 Å². The Morgan fingerprint density at radius 1 is 1.38 bits per heavy atom. The Morgan fingerprint density at radius 2 is 2.12 bits per heavy atom. The van der Waals surface area contributed by atoms with Gasteiger partial charge in [-0.05, 0) is 36.5 Å². The molecule has 1 fully saturated rings. The van der Waals surface area contributed by atoms with Gasteiger partial charge in [-0.2, -0.15) is 5.26 Å². The minimum atomic E-state index is -3.75. The Kier molecular flexibility index (Phi) is 6.37. The van der Waals surface area contributed by atoms with Crippen molar-refractivity contribution >= 4 is 15.7 Å². The van der Waals surface area contributed by atoms with E-state index in [0.717, 1.165) is 18.7 Å². The van der Waals surface area contributed by atoms with E-state index in [1.165, 1.54) is 7.11 Å². The second-order valence-corrected chi connectivity index (χ2v) is 9.44. The van der Waals surface area contributed by atoms with Gasteiger partial charge in [-0.25, -0.2) is 13.1 Å². The first-order valence-corrected chi connectivity index (χ1v) is 10.2. The Labute approximate surface area is 156 Å². The zero-order valence-corrected chi connectivity index (χ0v) is 16.7. The van der Waals surface area contributed by atoms with Gasteiger partial charge in [0, 0.05) is 31.4 Å². The van der Waals surface area contributed by atoms with E-state index in [-0.39, 0.29) is 16.4 Å². The number of likely N-dealkylation sites (tertiary alicyclic amines) is 1. The number of nitrogens with zero attached hydrogens (tertiary/aromatic N) is 2. The molecule has 1 aliphatic heterocycles. The molecular weight excluding hydrogens is 352 g/mol. The predicted octanol–water partition coefficient (Wildman–Crippen LogP) is 2.38. The number of nitrogens with one attached hydrogen (secondary N) is 2. The van der Waals surface area contributed by atoms with Crippen molar-refractivity contribution in [2.45, 2.75) is 44.6 Å². The maximum Gasteiger partial charge on any atom is 0.244 e. The van der Waals surface area contributed by atoms with E-state index in [2.05, 4.69) is 37.0 Å². The number of methoxy groups -OCH3 is 1. The van der Waals surface area contributed by atoms with E-state index >= 15 is 0 Å². The molecule has 1 unspecified atom stereocenters. The quantitative estimate of drug-likeness (QED) is 0.705. The number of rotatable bonds is 7. The predicted molar refractivity (Wildman–Crippen MR) is 101 cm³/mol. The summed E-state index contributed by atoms with van der Waals surface area (Å²) in [6.07, 6.45) is 3.62. The first-order valence-electron chi connectivity index (χ1n) is 8.73. The third-order valence-corrected chi connectivity index (χ3v) is 5.85. The number of benzene rings is 1. The Morgan fingerprint density at radius 3 is 2.69 bits per heavy atom. The third-order valence-electron chi connectivity index (χ3n) is 4.31. The Balaban J connectivity index is 2.15. The van der Waals surface area contributed by atoms with Gasteiger partial charge in [0.2, 0.25) is 10.0 Å². The topological polar surface area (TPSA) is 94.5 Å². The summed E-state index contributed by atoms with van der Waals surface area (Å²) in [7, 11) is -2.29. The summed E-state index contributed by atoms with van der Waals surface area (Å²) < 4.78 is 33.6. The Bertz CT molecular complexity index is 766. The molecule has 1 aromatic carbocycles. The van der Waals surface area contributed by atoms with Crippen LogP contribution in [0.25, 0.3) is 0 Å². The van der Waals surface area contributed by atoms with Crippen LogP contribution in [0.3, 0.4) is 0 Å². The molecule has 7 nitrogen and oxygen atoms in total. The standard InChI is InChI=1S/C18H28N4O3S/c1-18(2,3)8-9-20-14-5-6-16(25-4)17(11-14)26(23,24)21-15-7-10-22(12-15)13-19/h5-6,11,15,20-21H,7-10,12H2,1-4H3. The van der Waals surface area contributed by atoms with Gasteiger partial charge < -0.3 is 15.0 Å². The maximum absolute atomic E-state index is 12.8. The minimum absolute atomic E-state index is 0.108. The van der Waals surface area contributed by atoms with Crippen LogP contribution in [0.15, 0.2) is 23.1 Å². The number of sulfonamides is 1. The van der Waals surface area contributed by atoms with Crippen molar-refractivity contribution in [2.75, 3.05) is 32.1 Å². The fraction of sp³-hybridized carbons (Fsp3) is 0.611. The highest BCUT2D eigenvalue weighted by Crippen LogP contribution is 2.28. The average molecular weight is 381 g/mol. The molecule has 0 radical (unpaired) electrons. The number of nitriles is 1. The highest BCUT2D eigenvalue weighted by Gasteiger charge is 2.28. The van der Waals surface area contributed by atoms with Crippen LogP contribution in [0.2, 0.25) is 0 Å². The maximum atomic E-state index is 12.8. The van der Waals surface area contributed by atoms with Crippen molar-refractivity contribution in [1.82, 2.24) is 9.62 Å². The molecule has 0 aliphatic carbocycles. The van der Waals surface area contributed by atoms with E-state index < -0.39 is 10.0 Å². The summed E-state index contributed by atoms with van der Waals surface area (Å²) in [5.74, 6) is 0.300. The van der Waals surface area contributed by atoms with Crippen molar-refractivity contribution in [3.63, 3.8) is 0 Å². The first kappa shape index (κ1) is 20.3. The second kappa shape index (κ2) is 8.14. The van der Waals surface area contributed by atoms with Crippen LogP contribution in [0.4, 0.5) is 5.69 Å². The van der Waals surface area contributed by atoms with Crippen LogP contribution in [-0.2, 0) is 10.0 Å². The molecule has 0 amide bonds. The average Bonchev–Trinajstić information content (AvgIpc) is 3.00. The van der Waals surface area contributed by atoms with Gasteiger partial charge in [0.1, 0.15) is 10.6 Å². The summed E-state index contributed by atoms with van der Waals surface area (Å²) >= 11 is 0. The van der Waals surface area contributed by atoms with Crippen molar-refractivity contribution < 1.29 is 13.2 Å². The molecule has 0 saturated carbocycles. The summed E-state index contributed by atoms with van der Waals surface area (Å²) in [4.78, 5) is 1.66. The fourth-order valence-corrected chi connectivity index (χ4v) is 4.27. The lowest BCUT2D eigenvalue weighted by atomic mass is 9.92. The van der Waals surface area contributed by atoms with E-state index in [1.807, 2.05) is 6.07 Å². The minimum Gasteiger partial charge on any atom is -0.495 e. The number of anilines is 1. The lowest BCUT2D eigenvalue weighted by Crippen LogP contribution is -2.36. The smallest absolute Gasteiger partial charge is 0.244 e. The van der Waals surface area contributed by atoms with Crippen LogP contribution in [-0.4, -0.2) is 46.1 Å². The van der Waals surface area contributed by atoms with Gasteiger partial charge in [-0.1, -0.05) is 20.8 Å². The van der Waals surface area contributed by atoms with Crippen LogP contribution in [0, 0.1) is 16.9 Å².